The molecule has 0 bridgehead atoms. The lowest BCUT2D eigenvalue weighted by Crippen LogP contribution is -2.37. The second-order valence-electron chi connectivity index (χ2n) is 8.48. The third-order valence-electron chi connectivity index (χ3n) is 5.32. The van der Waals surface area contributed by atoms with Crippen molar-refractivity contribution < 1.29 is 32.6 Å². The van der Waals surface area contributed by atoms with E-state index in [0.29, 0.717) is 41.2 Å². The summed E-state index contributed by atoms with van der Waals surface area (Å²) in [5.41, 5.74) is 0.541. The number of carboxylic acid groups (broad SMARTS) is 1. The number of alkyl halides is 3. The van der Waals surface area contributed by atoms with Gasteiger partial charge in [0, 0.05) is 12.1 Å². The predicted octanol–water partition coefficient (Wildman–Crippen LogP) is 5.29. The summed E-state index contributed by atoms with van der Waals surface area (Å²) < 4.78 is 43.8. The molecule has 0 aliphatic carbocycles. The molecule has 1 heterocycles. The number of rotatable bonds is 8. The molecule has 0 atom stereocenters. The quantitative estimate of drug-likeness (QED) is 0.452. The number of aryl methyl sites for hydroxylation is 1. The van der Waals surface area contributed by atoms with Crippen molar-refractivity contribution in [3.05, 3.63) is 83.0 Å². The number of carbonyl (C=O) groups excluding carboxylic acids is 1. The molecule has 1 aromatic heterocycles. The zero-order valence-electron chi connectivity index (χ0n) is 19.4. The maximum absolute atomic E-state index is 12.8. The maximum Gasteiger partial charge on any atom is 0.416 e. The minimum absolute atomic E-state index is 0.324. The number of ether oxygens (including phenoxy) is 1. The van der Waals surface area contributed by atoms with Gasteiger partial charge in [-0.25, -0.2) is 4.79 Å². The Kier molecular flexibility index (Phi) is 7.48. The standard InChI is InChI=1S/C26H25F3N2O4/c1-16-21(11-12-22(31-16)18-7-9-19(10-8-18)26(27,28)29)23(32)30-14-13-17-5-4-6-20(15-17)35-25(2,3)24(33)34/h4-12,15H,13-14H2,1-3H3,(H,30,32)(H,33,34). The van der Waals surface area contributed by atoms with E-state index in [4.69, 9.17) is 4.74 Å². The molecule has 3 aromatic rings. The van der Waals surface area contributed by atoms with Gasteiger partial charge in [-0.15, -0.1) is 0 Å². The van der Waals surface area contributed by atoms with Crippen molar-refractivity contribution in [3.63, 3.8) is 0 Å². The fourth-order valence-electron chi connectivity index (χ4n) is 3.31. The molecule has 0 radical (unpaired) electrons. The minimum Gasteiger partial charge on any atom is -0.478 e. The van der Waals surface area contributed by atoms with Gasteiger partial charge in [0.2, 0.25) is 0 Å². The maximum atomic E-state index is 12.8. The summed E-state index contributed by atoms with van der Waals surface area (Å²) >= 11 is 0. The highest BCUT2D eigenvalue weighted by Crippen LogP contribution is 2.30. The van der Waals surface area contributed by atoms with Crippen LogP contribution in [0.25, 0.3) is 11.3 Å². The Morgan fingerprint density at radius 2 is 1.71 bits per heavy atom. The summed E-state index contributed by atoms with van der Waals surface area (Å²) in [7, 11) is 0. The normalized spacial score (nSPS) is 11.7. The molecule has 0 saturated heterocycles. The van der Waals surface area contributed by atoms with Gasteiger partial charge in [0.1, 0.15) is 5.75 Å². The first-order valence-corrected chi connectivity index (χ1v) is 10.8. The van der Waals surface area contributed by atoms with Crippen molar-refractivity contribution in [2.45, 2.75) is 39.0 Å². The number of aromatic nitrogens is 1. The molecule has 0 fully saturated rings. The number of carbonyl (C=O) groups is 2. The lowest BCUT2D eigenvalue weighted by Gasteiger charge is -2.21. The number of hydrogen-bond donors (Lipinski definition) is 2. The van der Waals surface area contributed by atoms with Crippen molar-refractivity contribution in [2.75, 3.05) is 6.54 Å². The van der Waals surface area contributed by atoms with Gasteiger partial charge in [-0.2, -0.15) is 13.2 Å². The molecular formula is C26H25F3N2O4. The van der Waals surface area contributed by atoms with Gasteiger partial charge in [0.05, 0.1) is 22.5 Å². The largest absolute Gasteiger partial charge is 0.478 e. The molecule has 0 unspecified atom stereocenters. The molecule has 9 heteroatoms. The number of nitrogens with zero attached hydrogens (tertiary/aromatic N) is 1. The van der Waals surface area contributed by atoms with Gasteiger partial charge in [-0.3, -0.25) is 9.78 Å². The van der Waals surface area contributed by atoms with Crippen LogP contribution < -0.4 is 10.1 Å². The number of benzene rings is 2. The second kappa shape index (κ2) is 10.2. The van der Waals surface area contributed by atoms with Crippen LogP contribution in [0.4, 0.5) is 13.2 Å². The third-order valence-corrected chi connectivity index (χ3v) is 5.32. The van der Waals surface area contributed by atoms with Crippen molar-refractivity contribution in [1.29, 1.82) is 0 Å². The first kappa shape index (κ1) is 25.7. The molecule has 0 spiro atoms. The number of nitrogens with one attached hydrogen (secondary N) is 1. The zero-order valence-corrected chi connectivity index (χ0v) is 19.4. The van der Waals surface area contributed by atoms with E-state index in [0.717, 1.165) is 17.7 Å². The van der Waals surface area contributed by atoms with Crippen LogP contribution in [0.15, 0.2) is 60.7 Å². The third kappa shape index (κ3) is 6.59. The fourth-order valence-corrected chi connectivity index (χ4v) is 3.31. The van der Waals surface area contributed by atoms with Crippen molar-refractivity contribution in [2.24, 2.45) is 0 Å². The van der Waals surface area contributed by atoms with Crippen LogP contribution in [-0.4, -0.2) is 34.1 Å². The molecule has 3 rings (SSSR count). The fraction of sp³-hybridized carbons (Fsp3) is 0.269. The highest BCUT2D eigenvalue weighted by Gasteiger charge is 2.30. The number of hydrogen-bond acceptors (Lipinski definition) is 4. The van der Waals surface area contributed by atoms with E-state index in [1.54, 1.807) is 37.3 Å². The Morgan fingerprint density at radius 3 is 2.31 bits per heavy atom. The van der Waals surface area contributed by atoms with Crippen molar-refractivity contribution >= 4 is 11.9 Å². The predicted molar refractivity (Wildman–Crippen MR) is 124 cm³/mol. The highest BCUT2D eigenvalue weighted by molar-refractivity contribution is 5.95. The van der Waals surface area contributed by atoms with E-state index in [-0.39, 0.29) is 5.91 Å². The Labute approximate surface area is 200 Å². The van der Waals surface area contributed by atoms with Gasteiger partial charge < -0.3 is 15.2 Å². The Bertz CT molecular complexity index is 1220. The van der Waals surface area contributed by atoms with Crippen LogP contribution >= 0.6 is 0 Å². The van der Waals surface area contributed by atoms with Crippen LogP contribution in [0.2, 0.25) is 0 Å². The Hall–Kier alpha value is -3.88. The van der Waals surface area contributed by atoms with Crippen LogP contribution in [0, 0.1) is 6.92 Å². The van der Waals surface area contributed by atoms with E-state index in [1.807, 2.05) is 6.07 Å². The van der Waals surface area contributed by atoms with Gasteiger partial charge in [-0.05, 0) is 69.2 Å². The van der Waals surface area contributed by atoms with Crippen LogP contribution in [0.5, 0.6) is 5.75 Å². The molecular weight excluding hydrogens is 461 g/mol. The van der Waals surface area contributed by atoms with E-state index >= 15 is 0 Å². The van der Waals surface area contributed by atoms with Gasteiger partial charge >= 0.3 is 12.1 Å². The second-order valence-corrected chi connectivity index (χ2v) is 8.48. The molecule has 2 aromatic carbocycles. The summed E-state index contributed by atoms with van der Waals surface area (Å²) in [6.07, 6.45) is -3.92. The molecule has 184 valence electrons. The van der Waals surface area contributed by atoms with E-state index < -0.39 is 23.3 Å². The number of halogens is 3. The van der Waals surface area contributed by atoms with Crippen LogP contribution in [0.1, 0.15) is 41.0 Å². The first-order chi connectivity index (χ1) is 16.4. The smallest absolute Gasteiger partial charge is 0.416 e. The average molecular weight is 486 g/mol. The zero-order chi connectivity index (χ0) is 25.8. The van der Waals surface area contributed by atoms with Gasteiger partial charge in [-0.1, -0.05) is 24.3 Å². The van der Waals surface area contributed by atoms with Crippen LogP contribution in [0.3, 0.4) is 0 Å². The van der Waals surface area contributed by atoms with Crippen LogP contribution in [-0.2, 0) is 17.4 Å². The van der Waals surface area contributed by atoms with E-state index in [9.17, 15) is 27.9 Å². The minimum atomic E-state index is -4.41. The lowest BCUT2D eigenvalue weighted by atomic mass is 10.1. The highest BCUT2D eigenvalue weighted by atomic mass is 19.4. The SMILES string of the molecule is Cc1nc(-c2ccc(C(F)(F)F)cc2)ccc1C(=O)NCCc1cccc(OC(C)(C)C(=O)O)c1. The molecule has 6 nitrogen and oxygen atoms in total. The van der Waals surface area contributed by atoms with Gasteiger partial charge in [0.15, 0.2) is 5.60 Å². The van der Waals surface area contributed by atoms with E-state index in [2.05, 4.69) is 10.3 Å². The summed E-state index contributed by atoms with van der Waals surface area (Å²) in [4.78, 5) is 28.2. The summed E-state index contributed by atoms with van der Waals surface area (Å²) in [6, 6.07) is 14.9. The Balaban J connectivity index is 1.61. The van der Waals surface area contributed by atoms with Gasteiger partial charge in [0.25, 0.3) is 5.91 Å². The number of amides is 1. The Morgan fingerprint density at radius 1 is 1.03 bits per heavy atom. The number of aliphatic carboxylic acids is 1. The average Bonchev–Trinajstić information content (AvgIpc) is 2.78. The van der Waals surface area contributed by atoms with Crippen molar-refractivity contribution in [1.82, 2.24) is 10.3 Å². The molecule has 35 heavy (non-hydrogen) atoms. The topological polar surface area (TPSA) is 88.5 Å². The first-order valence-electron chi connectivity index (χ1n) is 10.8. The molecule has 0 saturated carbocycles. The summed E-state index contributed by atoms with van der Waals surface area (Å²) in [5, 5.41) is 12.0. The van der Waals surface area contributed by atoms with E-state index in [1.165, 1.54) is 26.0 Å². The molecule has 1 amide bonds. The number of carboxylic acids is 1. The molecule has 2 N–H and O–H groups in total. The summed E-state index contributed by atoms with van der Waals surface area (Å²) in [5.74, 6) is -0.989. The number of pyridine rings is 1. The molecule has 0 aliphatic heterocycles. The lowest BCUT2D eigenvalue weighted by molar-refractivity contribution is -0.152. The summed E-state index contributed by atoms with van der Waals surface area (Å²) in [6.45, 7) is 4.90. The monoisotopic (exact) mass is 486 g/mol. The van der Waals surface area contributed by atoms with Crippen molar-refractivity contribution in [3.8, 4) is 17.0 Å². The molecule has 0 aliphatic rings.